The third-order valence-electron chi connectivity index (χ3n) is 5.41. The number of carbonyl (C=O) groups excluding carboxylic acids is 1. The van der Waals surface area contributed by atoms with Gasteiger partial charge in [-0.05, 0) is 76.5 Å². The van der Waals surface area contributed by atoms with E-state index in [4.69, 9.17) is 14.6 Å². The van der Waals surface area contributed by atoms with E-state index >= 15 is 0 Å². The molecule has 1 saturated heterocycles. The average molecular weight is 523 g/mol. The van der Waals surface area contributed by atoms with Gasteiger partial charge >= 0.3 is 5.97 Å². The lowest BCUT2D eigenvalue weighted by Crippen LogP contribution is -2.36. The fraction of sp³-hybridized carbons (Fsp3) is 0.154. The maximum absolute atomic E-state index is 13.1. The number of anilines is 1. The van der Waals surface area contributed by atoms with Gasteiger partial charge in [0.05, 0.1) is 28.9 Å². The molecular weight excluding hydrogens is 500 g/mol. The lowest BCUT2D eigenvalue weighted by atomic mass is 10.1. The molecule has 0 bridgehead atoms. The first-order valence-corrected chi connectivity index (χ1v) is 11.4. The number of carboxylic acid groups (broad SMARTS) is 1. The Hall–Kier alpha value is -3.62. The predicted octanol–water partition coefficient (Wildman–Crippen LogP) is 5.06. The monoisotopic (exact) mass is 522 g/mol. The van der Waals surface area contributed by atoms with Crippen molar-refractivity contribution in [2.75, 3.05) is 12.1 Å². The van der Waals surface area contributed by atoms with Gasteiger partial charge in [-0.25, -0.2) is 15.2 Å². The van der Waals surface area contributed by atoms with Crippen LogP contribution in [0.2, 0.25) is 0 Å². The second-order valence-corrected chi connectivity index (χ2v) is 8.61. The smallest absolute Gasteiger partial charge is 0.335 e. The molecule has 0 aliphatic carbocycles. The Morgan fingerprint density at radius 1 is 1.15 bits per heavy atom. The van der Waals surface area contributed by atoms with Crippen molar-refractivity contribution in [2.45, 2.75) is 19.6 Å². The molecule has 3 aromatic rings. The summed E-state index contributed by atoms with van der Waals surface area (Å²) in [5.41, 5.74) is 6.23. The van der Waals surface area contributed by atoms with Gasteiger partial charge in [0.1, 0.15) is 6.61 Å². The van der Waals surface area contributed by atoms with Crippen LogP contribution < -0.4 is 19.9 Å². The fourth-order valence-electron chi connectivity index (χ4n) is 3.64. The number of aromatic carboxylic acids is 1. The molecule has 3 aromatic carbocycles. The van der Waals surface area contributed by atoms with Crippen LogP contribution in [0.3, 0.4) is 0 Å². The van der Waals surface area contributed by atoms with Crippen LogP contribution in [0.1, 0.15) is 28.4 Å². The van der Waals surface area contributed by atoms with Gasteiger partial charge in [0.15, 0.2) is 11.5 Å². The summed E-state index contributed by atoms with van der Waals surface area (Å²) in [4.78, 5) is 24.2. The lowest BCUT2D eigenvalue weighted by molar-refractivity contribution is -0.114. The number of carboxylic acids is 1. The van der Waals surface area contributed by atoms with Crippen LogP contribution >= 0.6 is 15.9 Å². The topological polar surface area (TPSA) is 88.1 Å². The molecule has 34 heavy (non-hydrogen) atoms. The van der Waals surface area contributed by atoms with Crippen molar-refractivity contribution in [2.24, 2.45) is 0 Å². The Bertz CT molecular complexity index is 1240. The number of hydrogen-bond donors (Lipinski definition) is 2. The quantitative estimate of drug-likeness (QED) is 0.421. The summed E-state index contributed by atoms with van der Waals surface area (Å²) in [7, 11) is 1.57. The highest BCUT2D eigenvalue weighted by molar-refractivity contribution is 9.10. The van der Waals surface area contributed by atoms with Gasteiger partial charge in [-0.1, -0.05) is 30.3 Å². The van der Waals surface area contributed by atoms with E-state index in [0.29, 0.717) is 33.8 Å². The molecule has 0 spiro atoms. The molecule has 4 rings (SSSR count). The van der Waals surface area contributed by atoms with Crippen LogP contribution in [0.25, 0.3) is 6.08 Å². The molecule has 7 nitrogen and oxygen atoms in total. The van der Waals surface area contributed by atoms with E-state index in [1.165, 1.54) is 17.1 Å². The largest absolute Gasteiger partial charge is 0.493 e. The van der Waals surface area contributed by atoms with Crippen LogP contribution in [-0.2, 0) is 11.4 Å². The molecule has 0 saturated carbocycles. The normalized spacial score (nSPS) is 16.7. The summed E-state index contributed by atoms with van der Waals surface area (Å²) in [5.74, 6) is -0.103. The first-order valence-electron chi connectivity index (χ1n) is 10.6. The zero-order valence-electron chi connectivity index (χ0n) is 18.6. The van der Waals surface area contributed by atoms with Gasteiger partial charge in [-0.2, -0.15) is 0 Å². The van der Waals surface area contributed by atoms with E-state index in [-0.39, 0.29) is 17.5 Å². The molecule has 0 unspecified atom stereocenters. The lowest BCUT2D eigenvalue weighted by Gasteiger charge is -2.16. The first-order chi connectivity index (χ1) is 16.4. The maximum atomic E-state index is 13.1. The van der Waals surface area contributed by atoms with Crippen LogP contribution in [0.4, 0.5) is 5.69 Å². The van der Waals surface area contributed by atoms with Crippen LogP contribution in [0.15, 0.2) is 76.8 Å². The van der Waals surface area contributed by atoms with Crippen molar-refractivity contribution in [3.05, 3.63) is 93.5 Å². The van der Waals surface area contributed by atoms with Crippen LogP contribution in [-0.4, -0.2) is 30.1 Å². The second kappa shape index (κ2) is 10.1. The summed E-state index contributed by atoms with van der Waals surface area (Å²) in [6.45, 7) is 2.28. The zero-order valence-corrected chi connectivity index (χ0v) is 20.2. The number of carbonyl (C=O) groups is 2. The predicted molar refractivity (Wildman–Crippen MR) is 133 cm³/mol. The number of halogens is 1. The number of methoxy groups -OCH3 is 1. The number of hydrazine groups is 1. The van der Waals surface area contributed by atoms with E-state index in [1.807, 2.05) is 49.4 Å². The van der Waals surface area contributed by atoms with E-state index in [1.54, 1.807) is 25.3 Å². The van der Waals surface area contributed by atoms with E-state index in [2.05, 4.69) is 21.4 Å². The Morgan fingerprint density at radius 3 is 2.50 bits per heavy atom. The highest BCUT2D eigenvalue weighted by atomic mass is 79.9. The molecule has 174 valence electrons. The highest BCUT2D eigenvalue weighted by Crippen LogP contribution is 2.38. The minimum absolute atomic E-state index is 0.158. The van der Waals surface area contributed by atoms with Crippen molar-refractivity contribution in [3.63, 3.8) is 0 Å². The SMILES string of the molecule is COc1cc(/C=C2/C(=O)N(c3ccc(C(=O)O)cc3)N[C@H]2C)cc(Br)c1OCc1ccccc1. The van der Waals surface area contributed by atoms with Crippen molar-refractivity contribution in [3.8, 4) is 11.5 Å². The van der Waals surface area contributed by atoms with Crippen molar-refractivity contribution < 1.29 is 24.2 Å². The van der Waals surface area contributed by atoms with Crippen molar-refractivity contribution in [1.29, 1.82) is 0 Å². The van der Waals surface area contributed by atoms with Gasteiger partial charge in [0.25, 0.3) is 5.91 Å². The zero-order chi connectivity index (χ0) is 24.2. The number of nitrogens with zero attached hydrogens (tertiary/aromatic N) is 1. The summed E-state index contributed by atoms with van der Waals surface area (Å²) in [6.07, 6.45) is 1.81. The maximum Gasteiger partial charge on any atom is 0.335 e. The third-order valence-corrected chi connectivity index (χ3v) is 6.00. The average Bonchev–Trinajstić information content (AvgIpc) is 3.12. The summed E-state index contributed by atoms with van der Waals surface area (Å²) in [6, 6.07) is 19.4. The van der Waals surface area contributed by atoms with Crippen molar-refractivity contribution in [1.82, 2.24) is 5.43 Å². The van der Waals surface area contributed by atoms with E-state index in [9.17, 15) is 9.59 Å². The number of amides is 1. The second-order valence-electron chi connectivity index (χ2n) is 7.75. The summed E-state index contributed by atoms with van der Waals surface area (Å²) < 4.78 is 12.3. The summed E-state index contributed by atoms with van der Waals surface area (Å²) in [5, 5.41) is 10.5. The standard InChI is InChI=1S/C26H23BrN2O5/c1-16-21(25(30)29(28-16)20-10-8-19(9-11-20)26(31)32)12-18-13-22(27)24(23(14-18)33-2)34-15-17-6-4-3-5-7-17/h3-14,16,28H,15H2,1-2H3,(H,31,32)/b21-12+/t16-/m0/s1. The molecule has 8 heteroatoms. The molecular formula is C26H23BrN2O5. The number of rotatable bonds is 7. The van der Waals surface area contributed by atoms with Crippen LogP contribution in [0, 0.1) is 0 Å². The minimum atomic E-state index is -1.02. The molecule has 1 aliphatic heterocycles. The minimum Gasteiger partial charge on any atom is -0.493 e. The highest BCUT2D eigenvalue weighted by Gasteiger charge is 2.33. The Kier molecular flexibility index (Phi) is 7.00. The fourth-order valence-corrected chi connectivity index (χ4v) is 4.21. The molecule has 2 N–H and O–H groups in total. The van der Waals surface area contributed by atoms with Gasteiger partial charge < -0.3 is 14.6 Å². The van der Waals surface area contributed by atoms with E-state index < -0.39 is 5.97 Å². The van der Waals surface area contributed by atoms with Gasteiger partial charge in [0.2, 0.25) is 0 Å². The third kappa shape index (κ3) is 4.98. The van der Waals surface area contributed by atoms with E-state index in [0.717, 1.165) is 11.1 Å². The Labute approximate surface area is 205 Å². The number of hydrogen-bond acceptors (Lipinski definition) is 5. The van der Waals surface area contributed by atoms with Crippen molar-refractivity contribution >= 4 is 39.6 Å². The van der Waals surface area contributed by atoms with Crippen LogP contribution in [0.5, 0.6) is 11.5 Å². The molecule has 1 aliphatic rings. The number of benzene rings is 3. The van der Waals surface area contributed by atoms with Gasteiger partial charge in [-0.15, -0.1) is 0 Å². The number of nitrogens with one attached hydrogen (secondary N) is 1. The Balaban J connectivity index is 1.57. The molecule has 1 amide bonds. The van der Waals surface area contributed by atoms with Gasteiger partial charge in [-0.3, -0.25) is 4.79 Å². The van der Waals surface area contributed by atoms with Gasteiger partial charge in [0, 0.05) is 5.57 Å². The molecule has 0 aromatic heterocycles. The first kappa shape index (κ1) is 23.5. The molecule has 1 atom stereocenters. The Morgan fingerprint density at radius 2 is 1.85 bits per heavy atom. The molecule has 0 radical (unpaired) electrons. The molecule has 1 heterocycles. The number of ether oxygens (including phenoxy) is 2. The summed E-state index contributed by atoms with van der Waals surface area (Å²) >= 11 is 3.57. The molecule has 1 fully saturated rings.